The van der Waals surface area contributed by atoms with Gasteiger partial charge in [-0.25, -0.2) is 0 Å². The third-order valence-corrected chi connectivity index (χ3v) is 4.50. The molecule has 7 heteroatoms. The Morgan fingerprint density at radius 2 is 1.76 bits per heavy atom. The predicted molar refractivity (Wildman–Crippen MR) is 93.6 cm³/mol. The van der Waals surface area contributed by atoms with Crippen LogP contribution >= 0.6 is 11.3 Å². The van der Waals surface area contributed by atoms with E-state index in [1.807, 2.05) is 23.6 Å². The van der Waals surface area contributed by atoms with E-state index >= 15 is 0 Å². The zero-order valence-electron chi connectivity index (χ0n) is 12.8. The number of nitrogens with one attached hydrogen (secondary N) is 1. The lowest BCUT2D eigenvalue weighted by Crippen LogP contribution is -2.14. The van der Waals surface area contributed by atoms with Gasteiger partial charge in [0.15, 0.2) is 0 Å². The number of carbonyl (C=O) groups excluding carboxylic acids is 1. The van der Waals surface area contributed by atoms with Crippen LogP contribution in [-0.2, 0) is 6.18 Å². The molecule has 1 heterocycles. The third kappa shape index (κ3) is 3.83. The lowest BCUT2D eigenvalue weighted by atomic mass is 10.1. The molecular formula is C18H13F3N2OS. The molecule has 3 aromatic rings. The fourth-order valence-electron chi connectivity index (χ4n) is 2.27. The minimum Gasteiger partial charge on any atom is -0.397 e. The van der Waals surface area contributed by atoms with Gasteiger partial charge in [-0.3, -0.25) is 4.79 Å². The molecule has 0 bridgehead atoms. The zero-order chi connectivity index (χ0) is 18.0. The standard InChI is InChI=1S/C18H13F3N2OS/c19-18(20,21)13-6-3-11(4-7-13)17(24)23-15-10-12(5-8-14(15)22)16-2-1-9-25-16/h1-10H,22H2,(H,23,24). The summed E-state index contributed by atoms with van der Waals surface area (Å²) in [5.41, 5.74) is 6.89. The number of nitrogens with two attached hydrogens (primary N) is 1. The first-order valence-corrected chi connectivity index (χ1v) is 8.14. The molecular weight excluding hydrogens is 349 g/mol. The van der Waals surface area contributed by atoms with E-state index in [2.05, 4.69) is 5.32 Å². The lowest BCUT2D eigenvalue weighted by Gasteiger charge is -2.11. The van der Waals surface area contributed by atoms with Crippen molar-refractivity contribution in [3.8, 4) is 10.4 Å². The van der Waals surface area contributed by atoms with E-state index in [4.69, 9.17) is 5.73 Å². The molecule has 0 unspecified atom stereocenters. The first-order chi connectivity index (χ1) is 11.8. The van der Waals surface area contributed by atoms with Crippen molar-refractivity contribution in [3.63, 3.8) is 0 Å². The molecule has 3 N–H and O–H groups in total. The largest absolute Gasteiger partial charge is 0.416 e. The van der Waals surface area contributed by atoms with E-state index < -0.39 is 17.6 Å². The Labute approximate surface area is 145 Å². The van der Waals surface area contributed by atoms with Gasteiger partial charge in [0.2, 0.25) is 0 Å². The zero-order valence-corrected chi connectivity index (χ0v) is 13.6. The molecule has 0 aliphatic rings. The number of carbonyl (C=O) groups is 1. The molecule has 128 valence electrons. The fraction of sp³-hybridized carbons (Fsp3) is 0.0556. The van der Waals surface area contributed by atoms with Gasteiger partial charge in [0.1, 0.15) is 0 Å². The Morgan fingerprint density at radius 1 is 1.04 bits per heavy atom. The molecule has 0 atom stereocenters. The van der Waals surface area contributed by atoms with E-state index in [1.54, 1.807) is 23.5 Å². The number of rotatable bonds is 3. The van der Waals surface area contributed by atoms with Gasteiger partial charge in [0, 0.05) is 10.4 Å². The van der Waals surface area contributed by atoms with Gasteiger partial charge in [-0.15, -0.1) is 11.3 Å². The maximum atomic E-state index is 12.6. The number of hydrogen-bond acceptors (Lipinski definition) is 3. The topological polar surface area (TPSA) is 55.1 Å². The highest BCUT2D eigenvalue weighted by atomic mass is 32.1. The van der Waals surface area contributed by atoms with Crippen LogP contribution in [-0.4, -0.2) is 5.91 Å². The van der Waals surface area contributed by atoms with Crippen molar-refractivity contribution in [3.05, 3.63) is 71.1 Å². The van der Waals surface area contributed by atoms with Crippen LogP contribution in [0.1, 0.15) is 15.9 Å². The summed E-state index contributed by atoms with van der Waals surface area (Å²) in [5.74, 6) is -0.524. The summed E-state index contributed by atoms with van der Waals surface area (Å²) in [4.78, 5) is 13.3. The van der Waals surface area contributed by atoms with Gasteiger partial charge in [-0.05, 0) is 53.4 Å². The van der Waals surface area contributed by atoms with Crippen LogP contribution in [0.15, 0.2) is 60.0 Å². The van der Waals surface area contributed by atoms with Crippen LogP contribution in [0.5, 0.6) is 0 Å². The number of amides is 1. The highest BCUT2D eigenvalue weighted by molar-refractivity contribution is 7.13. The number of benzene rings is 2. The van der Waals surface area contributed by atoms with Crippen molar-refractivity contribution >= 4 is 28.6 Å². The number of hydrogen-bond donors (Lipinski definition) is 2. The first-order valence-electron chi connectivity index (χ1n) is 7.26. The number of anilines is 2. The quantitative estimate of drug-likeness (QED) is 0.624. The van der Waals surface area contributed by atoms with Gasteiger partial charge in [-0.2, -0.15) is 13.2 Å². The second kappa shape index (κ2) is 6.60. The Balaban J connectivity index is 1.82. The molecule has 0 radical (unpaired) electrons. The summed E-state index contributed by atoms with van der Waals surface area (Å²) in [5, 5.41) is 4.58. The first kappa shape index (κ1) is 17.0. The van der Waals surface area contributed by atoms with Crippen molar-refractivity contribution in [2.24, 2.45) is 0 Å². The van der Waals surface area contributed by atoms with Crippen LogP contribution in [0.25, 0.3) is 10.4 Å². The van der Waals surface area contributed by atoms with E-state index in [0.29, 0.717) is 11.4 Å². The molecule has 2 aromatic carbocycles. The molecule has 0 fully saturated rings. The van der Waals surface area contributed by atoms with E-state index in [1.165, 1.54) is 0 Å². The molecule has 0 saturated heterocycles. The highest BCUT2D eigenvalue weighted by Gasteiger charge is 2.30. The van der Waals surface area contributed by atoms with E-state index in [9.17, 15) is 18.0 Å². The number of halogens is 3. The molecule has 0 aliphatic heterocycles. The van der Waals surface area contributed by atoms with Gasteiger partial charge < -0.3 is 11.1 Å². The summed E-state index contributed by atoms with van der Waals surface area (Å²) >= 11 is 1.55. The predicted octanol–water partition coefficient (Wildman–Crippen LogP) is 5.27. The van der Waals surface area contributed by atoms with Crippen molar-refractivity contribution in [1.29, 1.82) is 0 Å². The summed E-state index contributed by atoms with van der Waals surface area (Å²) < 4.78 is 37.7. The third-order valence-electron chi connectivity index (χ3n) is 3.58. The van der Waals surface area contributed by atoms with Crippen LogP contribution in [0.4, 0.5) is 24.5 Å². The van der Waals surface area contributed by atoms with Crippen LogP contribution < -0.4 is 11.1 Å². The van der Waals surface area contributed by atoms with Gasteiger partial charge in [0.25, 0.3) is 5.91 Å². The number of nitrogen functional groups attached to an aromatic ring is 1. The second-order valence-corrected chi connectivity index (χ2v) is 6.26. The Morgan fingerprint density at radius 3 is 2.36 bits per heavy atom. The maximum absolute atomic E-state index is 12.6. The number of alkyl halides is 3. The van der Waals surface area contributed by atoms with Crippen LogP contribution in [0, 0.1) is 0 Å². The van der Waals surface area contributed by atoms with Crippen molar-refractivity contribution in [1.82, 2.24) is 0 Å². The van der Waals surface area contributed by atoms with Gasteiger partial charge >= 0.3 is 6.18 Å². The molecule has 0 saturated carbocycles. The Hall–Kier alpha value is -2.80. The average molecular weight is 362 g/mol. The second-order valence-electron chi connectivity index (χ2n) is 5.31. The van der Waals surface area contributed by atoms with Crippen molar-refractivity contribution in [2.75, 3.05) is 11.1 Å². The molecule has 3 nitrogen and oxygen atoms in total. The maximum Gasteiger partial charge on any atom is 0.416 e. The van der Waals surface area contributed by atoms with Crippen molar-refractivity contribution < 1.29 is 18.0 Å². The fourth-order valence-corrected chi connectivity index (χ4v) is 2.99. The minimum absolute atomic E-state index is 0.119. The van der Waals surface area contributed by atoms with E-state index in [0.717, 1.165) is 34.7 Å². The van der Waals surface area contributed by atoms with Crippen LogP contribution in [0.2, 0.25) is 0 Å². The summed E-state index contributed by atoms with van der Waals surface area (Å²) in [6, 6.07) is 13.1. The van der Waals surface area contributed by atoms with E-state index in [-0.39, 0.29) is 5.56 Å². The molecule has 0 spiro atoms. The molecule has 25 heavy (non-hydrogen) atoms. The Bertz CT molecular complexity index is 888. The monoisotopic (exact) mass is 362 g/mol. The molecule has 1 aromatic heterocycles. The number of thiophene rings is 1. The summed E-state index contributed by atoms with van der Waals surface area (Å²) in [6.07, 6.45) is -4.44. The smallest absolute Gasteiger partial charge is 0.397 e. The van der Waals surface area contributed by atoms with Crippen molar-refractivity contribution in [2.45, 2.75) is 6.18 Å². The Kier molecular flexibility index (Phi) is 4.50. The minimum atomic E-state index is -4.44. The molecule has 0 aliphatic carbocycles. The summed E-state index contributed by atoms with van der Waals surface area (Å²) in [6.45, 7) is 0. The molecule has 3 rings (SSSR count). The average Bonchev–Trinajstić information content (AvgIpc) is 3.10. The SMILES string of the molecule is Nc1ccc(-c2cccs2)cc1NC(=O)c1ccc(C(F)(F)F)cc1. The lowest BCUT2D eigenvalue weighted by molar-refractivity contribution is -0.137. The normalized spacial score (nSPS) is 11.3. The summed E-state index contributed by atoms with van der Waals surface area (Å²) in [7, 11) is 0. The van der Waals surface area contributed by atoms with Gasteiger partial charge in [0.05, 0.1) is 16.9 Å². The van der Waals surface area contributed by atoms with Crippen LogP contribution in [0.3, 0.4) is 0 Å². The highest BCUT2D eigenvalue weighted by Crippen LogP contribution is 2.31. The molecule has 1 amide bonds. The van der Waals surface area contributed by atoms with Gasteiger partial charge in [-0.1, -0.05) is 12.1 Å².